The Hall–Kier alpha value is -2.31. The summed E-state index contributed by atoms with van der Waals surface area (Å²) < 4.78 is 23.9. The van der Waals surface area contributed by atoms with Gasteiger partial charge in [0.2, 0.25) is 0 Å². The molecule has 2 amide bonds. The van der Waals surface area contributed by atoms with Crippen molar-refractivity contribution in [3.63, 3.8) is 0 Å². The molecule has 0 aliphatic carbocycles. The number of benzene rings is 1. The molecule has 138 valence electrons. The molecule has 1 saturated heterocycles. The number of piperazine rings is 1. The van der Waals surface area contributed by atoms with E-state index in [-0.39, 0.29) is 26.2 Å². The first-order valence-electron chi connectivity index (χ1n) is 8.31. The van der Waals surface area contributed by atoms with Crippen LogP contribution in [0.5, 0.6) is 0 Å². The molecule has 1 atom stereocenters. The highest BCUT2D eigenvalue weighted by Gasteiger charge is 2.35. The molecular formula is C18H25FN2O4. The van der Waals surface area contributed by atoms with Crippen molar-refractivity contribution >= 4 is 12.2 Å². The van der Waals surface area contributed by atoms with Crippen LogP contribution in [0.3, 0.4) is 0 Å². The van der Waals surface area contributed by atoms with E-state index in [0.29, 0.717) is 0 Å². The second-order valence-electron chi connectivity index (χ2n) is 6.97. The van der Waals surface area contributed by atoms with Crippen molar-refractivity contribution < 1.29 is 23.5 Å². The van der Waals surface area contributed by atoms with Crippen molar-refractivity contribution in [1.82, 2.24) is 9.80 Å². The van der Waals surface area contributed by atoms with Crippen LogP contribution in [0.15, 0.2) is 30.3 Å². The molecule has 0 aromatic heterocycles. The summed E-state index contributed by atoms with van der Waals surface area (Å²) in [7, 11) is 0. The van der Waals surface area contributed by atoms with Gasteiger partial charge >= 0.3 is 12.2 Å². The summed E-state index contributed by atoms with van der Waals surface area (Å²) >= 11 is 0. The summed E-state index contributed by atoms with van der Waals surface area (Å²) in [6.07, 6.45) is -1.07. The number of alkyl halides is 1. The number of carbonyl (C=O) groups excluding carboxylic acids is 2. The van der Waals surface area contributed by atoms with Gasteiger partial charge in [0.25, 0.3) is 0 Å². The van der Waals surface area contributed by atoms with E-state index in [2.05, 4.69) is 0 Å². The minimum absolute atomic E-state index is 0.0867. The van der Waals surface area contributed by atoms with Gasteiger partial charge in [-0.2, -0.15) is 0 Å². The highest BCUT2D eigenvalue weighted by atomic mass is 19.1. The molecule has 2 rings (SSSR count). The van der Waals surface area contributed by atoms with Crippen molar-refractivity contribution in [2.45, 2.75) is 39.0 Å². The molecule has 25 heavy (non-hydrogen) atoms. The Bertz CT molecular complexity index is 588. The molecule has 1 unspecified atom stereocenters. The van der Waals surface area contributed by atoms with E-state index >= 15 is 0 Å². The molecule has 7 heteroatoms. The average Bonchev–Trinajstić information content (AvgIpc) is 2.58. The van der Waals surface area contributed by atoms with Crippen molar-refractivity contribution in [2.75, 3.05) is 26.3 Å². The average molecular weight is 352 g/mol. The van der Waals surface area contributed by atoms with Crippen LogP contribution < -0.4 is 0 Å². The first-order valence-corrected chi connectivity index (χ1v) is 8.31. The minimum Gasteiger partial charge on any atom is -0.445 e. The van der Waals surface area contributed by atoms with E-state index in [1.807, 2.05) is 30.3 Å². The fourth-order valence-electron chi connectivity index (χ4n) is 2.52. The minimum atomic E-state index is -0.748. The Balaban J connectivity index is 1.89. The van der Waals surface area contributed by atoms with Gasteiger partial charge in [0.05, 0.1) is 6.04 Å². The molecule has 0 bridgehead atoms. The van der Waals surface area contributed by atoms with Crippen LogP contribution >= 0.6 is 0 Å². The van der Waals surface area contributed by atoms with Gasteiger partial charge in [0, 0.05) is 19.6 Å². The number of hydrogen-bond donors (Lipinski definition) is 0. The Kier molecular flexibility index (Phi) is 6.22. The summed E-state index contributed by atoms with van der Waals surface area (Å²) in [6, 6.07) is 8.60. The molecule has 1 aliphatic rings. The fraction of sp³-hybridized carbons (Fsp3) is 0.556. The van der Waals surface area contributed by atoms with Crippen molar-refractivity contribution in [1.29, 1.82) is 0 Å². The first-order chi connectivity index (χ1) is 11.8. The Morgan fingerprint density at radius 1 is 1.16 bits per heavy atom. The van der Waals surface area contributed by atoms with Gasteiger partial charge in [-0.05, 0) is 26.3 Å². The monoisotopic (exact) mass is 352 g/mol. The second kappa shape index (κ2) is 8.18. The fourth-order valence-corrected chi connectivity index (χ4v) is 2.52. The van der Waals surface area contributed by atoms with Crippen LogP contribution in [-0.2, 0) is 16.1 Å². The van der Waals surface area contributed by atoms with E-state index in [0.717, 1.165) is 5.56 Å². The van der Waals surface area contributed by atoms with Crippen molar-refractivity contribution in [3.8, 4) is 0 Å². The molecule has 1 aromatic rings. The summed E-state index contributed by atoms with van der Waals surface area (Å²) in [4.78, 5) is 27.1. The van der Waals surface area contributed by atoms with Crippen LogP contribution in [0, 0.1) is 0 Å². The third kappa shape index (κ3) is 5.62. The normalized spacial score (nSPS) is 18.0. The molecule has 0 saturated carbocycles. The van der Waals surface area contributed by atoms with Crippen LogP contribution in [0.2, 0.25) is 0 Å². The van der Waals surface area contributed by atoms with Crippen LogP contribution in [0.4, 0.5) is 14.0 Å². The SMILES string of the molecule is CC(C)(C)OC(=O)N1CCN(C(=O)OCc2ccccc2)CC1CF. The zero-order valence-corrected chi connectivity index (χ0v) is 14.9. The third-order valence-corrected chi connectivity index (χ3v) is 3.75. The topological polar surface area (TPSA) is 59.1 Å². The molecule has 0 N–H and O–H groups in total. The summed E-state index contributed by atoms with van der Waals surface area (Å²) in [5, 5.41) is 0. The number of halogens is 1. The van der Waals surface area contributed by atoms with E-state index < -0.39 is 30.5 Å². The maximum absolute atomic E-state index is 13.4. The lowest BCUT2D eigenvalue weighted by Gasteiger charge is -2.40. The quantitative estimate of drug-likeness (QED) is 0.838. The number of hydrogen-bond acceptors (Lipinski definition) is 4. The third-order valence-electron chi connectivity index (χ3n) is 3.75. The van der Waals surface area contributed by atoms with Crippen LogP contribution in [-0.4, -0.2) is 59.9 Å². The zero-order valence-electron chi connectivity index (χ0n) is 14.9. The predicted molar refractivity (Wildman–Crippen MR) is 90.9 cm³/mol. The van der Waals surface area contributed by atoms with Gasteiger partial charge in [0.1, 0.15) is 18.9 Å². The summed E-state index contributed by atoms with van der Waals surface area (Å²) in [6.45, 7) is 5.26. The molecule has 0 spiro atoms. The molecule has 1 heterocycles. The predicted octanol–water partition coefficient (Wildman–Crippen LogP) is 3.21. The molecule has 0 radical (unpaired) electrons. The largest absolute Gasteiger partial charge is 0.445 e. The Morgan fingerprint density at radius 3 is 2.44 bits per heavy atom. The Labute approximate surface area is 147 Å². The van der Waals surface area contributed by atoms with E-state index in [4.69, 9.17) is 9.47 Å². The van der Waals surface area contributed by atoms with Crippen LogP contribution in [0.1, 0.15) is 26.3 Å². The molecule has 1 fully saturated rings. The maximum atomic E-state index is 13.4. The summed E-state index contributed by atoms with van der Waals surface area (Å²) in [5.41, 5.74) is 0.231. The summed E-state index contributed by atoms with van der Waals surface area (Å²) in [5.74, 6) is 0. The second-order valence-corrected chi connectivity index (χ2v) is 6.97. The Morgan fingerprint density at radius 2 is 1.84 bits per heavy atom. The van der Waals surface area contributed by atoms with Crippen molar-refractivity contribution in [2.24, 2.45) is 0 Å². The van der Waals surface area contributed by atoms with Crippen molar-refractivity contribution in [3.05, 3.63) is 35.9 Å². The van der Waals surface area contributed by atoms with Gasteiger partial charge in [-0.1, -0.05) is 30.3 Å². The number of ether oxygens (including phenoxy) is 2. The first kappa shape index (κ1) is 19.0. The van der Waals surface area contributed by atoms with Gasteiger partial charge in [-0.25, -0.2) is 14.0 Å². The highest BCUT2D eigenvalue weighted by Crippen LogP contribution is 2.17. The van der Waals surface area contributed by atoms with E-state index in [9.17, 15) is 14.0 Å². The molecular weight excluding hydrogens is 327 g/mol. The lowest BCUT2D eigenvalue weighted by molar-refractivity contribution is -0.00683. The maximum Gasteiger partial charge on any atom is 0.410 e. The lowest BCUT2D eigenvalue weighted by atomic mass is 10.2. The number of nitrogens with zero attached hydrogens (tertiary/aromatic N) is 2. The van der Waals surface area contributed by atoms with Gasteiger partial charge in [0.15, 0.2) is 0 Å². The number of carbonyl (C=O) groups is 2. The van der Waals surface area contributed by atoms with Gasteiger partial charge in [-0.3, -0.25) is 4.90 Å². The lowest BCUT2D eigenvalue weighted by Crippen LogP contribution is -2.58. The molecule has 1 aliphatic heterocycles. The van der Waals surface area contributed by atoms with E-state index in [1.165, 1.54) is 9.80 Å². The number of amides is 2. The zero-order chi connectivity index (χ0) is 18.4. The smallest absolute Gasteiger partial charge is 0.410 e. The number of rotatable bonds is 3. The van der Waals surface area contributed by atoms with Crippen LogP contribution in [0.25, 0.3) is 0 Å². The van der Waals surface area contributed by atoms with E-state index in [1.54, 1.807) is 20.8 Å². The highest BCUT2D eigenvalue weighted by molar-refractivity contribution is 5.71. The molecule has 6 nitrogen and oxygen atoms in total. The van der Waals surface area contributed by atoms with Gasteiger partial charge < -0.3 is 14.4 Å². The van der Waals surface area contributed by atoms with Gasteiger partial charge in [-0.15, -0.1) is 0 Å². The standard InChI is InChI=1S/C18H25FN2O4/c1-18(2,3)25-17(23)21-10-9-20(12-15(21)11-19)16(22)24-13-14-7-5-4-6-8-14/h4-8,15H,9-13H2,1-3H3. The molecule has 1 aromatic carbocycles.